The van der Waals surface area contributed by atoms with Crippen LogP contribution in [0.3, 0.4) is 0 Å². The number of rotatable bonds is 7. The number of nitrogens with one attached hydrogen (secondary N) is 1. The number of ether oxygens (including phenoxy) is 1. The Hall–Kier alpha value is -1.23. The highest BCUT2D eigenvalue weighted by Crippen LogP contribution is 2.27. The van der Waals surface area contributed by atoms with Crippen molar-refractivity contribution in [3.8, 4) is 0 Å². The van der Waals surface area contributed by atoms with Gasteiger partial charge < -0.3 is 19.4 Å². The van der Waals surface area contributed by atoms with Crippen LogP contribution in [-0.2, 0) is 4.74 Å². The highest BCUT2D eigenvalue weighted by atomic mass is 127. The Bertz CT molecular complexity index is 842. The Balaban J connectivity index is 0.00000289. The second kappa shape index (κ2) is 12.9. The van der Waals surface area contributed by atoms with Crippen molar-refractivity contribution < 1.29 is 9.15 Å². The molecule has 2 aromatic rings. The van der Waals surface area contributed by atoms with Gasteiger partial charge in [0.2, 0.25) is 0 Å². The van der Waals surface area contributed by atoms with Crippen LogP contribution < -0.4 is 5.32 Å². The summed E-state index contributed by atoms with van der Waals surface area (Å²) in [4.78, 5) is 10.8. The molecule has 2 saturated heterocycles. The van der Waals surface area contributed by atoms with Crippen molar-refractivity contribution >= 4 is 41.7 Å². The first-order chi connectivity index (χ1) is 15.2. The Kier molecular flexibility index (Phi) is 10.2. The molecule has 6 nitrogen and oxygen atoms in total. The number of furan rings is 1. The number of thioether (sulfide) groups is 1. The van der Waals surface area contributed by atoms with Crippen molar-refractivity contribution in [3.05, 3.63) is 54.0 Å². The van der Waals surface area contributed by atoms with Gasteiger partial charge in [0.15, 0.2) is 5.96 Å². The van der Waals surface area contributed by atoms with E-state index in [0.717, 1.165) is 69.2 Å². The summed E-state index contributed by atoms with van der Waals surface area (Å²) in [6, 6.07) is 15.0. The maximum Gasteiger partial charge on any atom is 0.193 e. The first-order valence-corrected chi connectivity index (χ1v) is 12.2. The minimum atomic E-state index is 0. The SMILES string of the molecule is CN=C(NCC(c1ccc(C)o1)N1CCOCC1)N1CCC(CSc2ccccc2)C1.I. The zero-order valence-electron chi connectivity index (χ0n) is 19.0. The quantitative estimate of drug-likeness (QED) is 0.232. The Morgan fingerprint density at radius 2 is 1.94 bits per heavy atom. The van der Waals surface area contributed by atoms with Gasteiger partial charge in [-0.1, -0.05) is 18.2 Å². The van der Waals surface area contributed by atoms with Crippen molar-refractivity contribution in [3.63, 3.8) is 0 Å². The Morgan fingerprint density at radius 1 is 1.16 bits per heavy atom. The molecule has 3 heterocycles. The lowest BCUT2D eigenvalue weighted by molar-refractivity contribution is 0.0123. The van der Waals surface area contributed by atoms with E-state index in [2.05, 4.69) is 56.5 Å². The van der Waals surface area contributed by atoms with E-state index in [-0.39, 0.29) is 30.0 Å². The molecule has 2 aliphatic rings. The van der Waals surface area contributed by atoms with Gasteiger partial charge in [0.1, 0.15) is 11.5 Å². The van der Waals surface area contributed by atoms with Gasteiger partial charge in [0.05, 0.1) is 19.3 Å². The highest BCUT2D eigenvalue weighted by Gasteiger charge is 2.28. The van der Waals surface area contributed by atoms with Crippen molar-refractivity contribution in [2.45, 2.75) is 24.3 Å². The van der Waals surface area contributed by atoms with Gasteiger partial charge in [0.25, 0.3) is 0 Å². The lowest BCUT2D eigenvalue weighted by atomic mass is 10.1. The van der Waals surface area contributed by atoms with E-state index in [4.69, 9.17) is 9.15 Å². The number of benzene rings is 1. The minimum absolute atomic E-state index is 0. The van der Waals surface area contributed by atoms with Crippen molar-refractivity contribution in [1.29, 1.82) is 0 Å². The standard InChI is InChI=1S/C24H34N4O2S.HI/c1-19-8-9-23(30-19)22(27-12-14-29-15-13-27)16-26-24(25-2)28-11-10-20(17-28)18-31-21-6-4-3-5-7-21;/h3-9,20,22H,10-18H2,1-2H3,(H,25,26);1H. The Labute approximate surface area is 213 Å². The van der Waals surface area contributed by atoms with Crippen LogP contribution in [0.2, 0.25) is 0 Å². The van der Waals surface area contributed by atoms with Gasteiger partial charge >= 0.3 is 0 Å². The molecule has 2 unspecified atom stereocenters. The maximum atomic E-state index is 6.00. The molecule has 2 atom stereocenters. The summed E-state index contributed by atoms with van der Waals surface area (Å²) in [6.07, 6.45) is 1.21. The fourth-order valence-electron chi connectivity index (χ4n) is 4.34. The number of guanidine groups is 1. The second-order valence-electron chi connectivity index (χ2n) is 8.27. The van der Waals surface area contributed by atoms with Crippen LogP contribution >= 0.6 is 35.7 Å². The zero-order chi connectivity index (χ0) is 21.5. The van der Waals surface area contributed by atoms with Crippen LogP contribution in [0.5, 0.6) is 0 Å². The van der Waals surface area contributed by atoms with Crippen LogP contribution in [0.4, 0.5) is 0 Å². The van der Waals surface area contributed by atoms with Crippen molar-refractivity contribution in [2.75, 3.05) is 58.7 Å². The summed E-state index contributed by atoms with van der Waals surface area (Å²) in [5.41, 5.74) is 0. The lowest BCUT2D eigenvalue weighted by Crippen LogP contribution is -2.47. The summed E-state index contributed by atoms with van der Waals surface area (Å²) >= 11 is 1.96. The maximum absolute atomic E-state index is 6.00. The predicted molar refractivity (Wildman–Crippen MR) is 142 cm³/mol. The van der Waals surface area contributed by atoms with Crippen LogP contribution in [0.25, 0.3) is 0 Å². The third-order valence-electron chi connectivity index (χ3n) is 6.06. The first-order valence-electron chi connectivity index (χ1n) is 11.2. The lowest BCUT2D eigenvalue weighted by Gasteiger charge is -2.34. The van der Waals surface area contributed by atoms with Gasteiger partial charge in [-0.3, -0.25) is 9.89 Å². The molecule has 32 heavy (non-hydrogen) atoms. The number of aliphatic imine (C=N–C) groups is 1. The third kappa shape index (κ3) is 6.88. The van der Waals surface area contributed by atoms with E-state index in [9.17, 15) is 0 Å². The normalized spacial score (nSPS) is 20.8. The number of hydrogen-bond donors (Lipinski definition) is 1. The molecule has 0 amide bonds. The fourth-order valence-corrected chi connectivity index (χ4v) is 5.39. The monoisotopic (exact) mass is 570 g/mol. The second-order valence-corrected chi connectivity index (χ2v) is 9.36. The molecule has 0 bridgehead atoms. The molecule has 0 radical (unpaired) electrons. The number of morpholine rings is 1. The highest BCUT2D eigenvalue weighted by molar-refractivity contribution is 14.0. The van der Waals surface area contributed by atoms with Gasteiger partial charge in [-0.25, -0.2) is 0 Å². The molecule has 2 fully saturated rings. The van der Waals surface area contributed by atoms with Gasteiger partial charge in [-0.05, 0) is 43.5 Å². The van der Waals surface area contributed by atoms with Crippen LogP contribution in [0.15, 0.2) is 56.8 Å². The molecule has 176 valence electrons. The summed E-state index contributed by atoms with van der Waals surface area (Å²) in [6.45, 7) is 8.29. The number of hydrogen-bond acceptors (Lipinski definition) is 5. The van der Waals surface area contributed by atoms with Gasteiger partial charge in [-0.2, -0.15) is 0 Å². The van der Waals surface area contributed by atoms with E-state index < -0.39 is 0 Å². The molecule has 1 aromatic heterocycles. The average molecular weight is 571 g/mol. The molecule has 2 aliphatic heterocycles. The number of aryl methyl sites for hydroxylation is 1. The molecule has 1 N–H and O–H groups in total. The van der Waals surface area contributed by atoms with Gasteiger partial charge in [0, 0.05) is 50.4 Å². The average Bonchev–Trinajstić information content (AvgIpc) is 3.46. The van der Waals surface area contributed by atoms with Crippen LogP contribution in [-0.4, -0.2) is 74.5 Å². The Morgan fingerprint density at radius 3 is 2.62 bits per heavy atom. The number of halogens is 1. The van der Waals surface area contributed by atoms with Crippen LogP contribution in [0, 0.1) is 12.8 Å². The molecule has 1 aromatic carbocycles. The molecule has 4 rings (SSSR count). The fraction of sp³-hybridized carbons (Fsp3) is 0.542. The van der Waals surface area contributed by atoms with Crippen molar-refractivity contribution in [2.24, 2.45) is 10.9 Å². The largest absolute Gasteiger partial charge is 0.465 e. The number of likely N-dealkylation sites (tertiary alicyclic amines) is 1. The smallest absolute Gasteiger partial charge is 0.193 e. The zero-order valence-corrected chi connectivity index (χ0v) is 22.2. The summed E-state index contributed by atoms with van der Waals surface area (Å²) in [5.74, 6) is 4.80. The molecular weight excluding hydrogens is 535 g/mol. The summed E-state index contributed by atoms with van der Waals surface area (Å²) in [7, 11) is 1.88. The summed E-state index contributed by atoms with van der Waals surface area (Å²) in [5, 5.41) is 3.64. The van der Waals surface area contributed by atoms with E-state index >= 15 is 0 Å². The van der Waals surface area contributed by atoms with E-state index in [0.29, 0.717) is 5.92 Å². The van der Waals surface area contributed by atoms with Crippen molar-refractivity contribution in [1.82, 2.24) is 15.1 Å². The molecule has 0 saturated carbocycles. The molecule has 0 spiro atoms. The first kappa shape index (κ1) is 25.4. The predicted octanol–water partition coefficient (Wildman–Crippen LogP) is 4.27. The minimum Gasteiger partial charge on any atom is -0.465 e. The van der Waals surface area contributed by atoms with E-state index in [1.165, 1.54) is 11.3 Å². The molecule has 0 aliphatic carbocycles. The molecule has 8 heteroatoms. The topological polar surface area (TPSA) is 53.2 Å². The summed E-state index contributed by atoms with van der Waals surface area (Å²) < 4.78 is 11.6. The number of nitrogens with zero attached hydrogens (tertiary/aromatic N) is 3. The van der Waals surface area contributed by atoms with Crippen LogP contribution in [0.1, 0.15) is 24.0 Å². The molecular formula is C24H35IN4O2S. The van der Waals surface area contributed by atoms with E-state index in [1.54, 1.807) is 0 Å². The van der Waals surface area contributed by atoms with E-state index in [1.807, 2.05) is 31.8 Å². The third-order valence-corrected chi connectivity index (χ3v) is 7.30. The van der Waals surface area contributed by atoms with Gasteiger partial charge in [-0.15, -0.1) is 35.7 Å².